The van der Waals surface area contributed by atoms with Gasteiger partial charge in [-0.3, -0.25) is 4.79 Å². The molecule has 0 aromatic carbocycles. The molecule has 20 heavy (non-hydrogen) atoms. The topological polar surface area (TPSA) is 60.2 Å². The molecule has 0 bridgehead atoms. The molecule has 108 valence electrons. The van der Waals surface area contributed by atoms with Crippen LogP contribution in [0, 0.1) is 11.3 Å². The third-order valence-corrected chi connectivity index (χ3v) is 2.52. The predicted octanol–water partition coefficient (Wildman–Crippen LogP) is 1.50. The number of carbonyl (C=O) groups excluding carboxylic acids is 1. The lowest BCUT2D eigenvalue weighted by atomic mass is 10.2. The summed E-state index contributed by atoms with van der Waals surface area (Å²) in [6, 6.07) is 3.54. The van der Waals surface area contributed by atoms with E-state index >= 15 is 0 Å². The van der Waals surface area contributed by atoms with Gasteiger partial charge in [0.2, 0.25) is 5.91 Å². The third kappa shape index (κ3) is 3.60. The van der Waals surface area contributed by atoms with Crippen LogP contribution in [-0.4, -0.2) is 43.5 Å². The van der Waals surface area contributed by atoms with Crippen LogP contribution in [0.15, 0.2) is 12.1 Å². The largest absolute Gasteiger partial charge is 0.433 e. The first kappa shape index (κ1) is 15.8. The lowest BCUT2D eigenvalue weighted by Crippen LogP contribution is -2.35. The van der Waals surface area contributed by atoms with Crippen molar-refractivity contribution in [3.63, 3.8) is 0 Å². The fraction of sp³-hybridized carbons (Fsp3) is 0.417. The number of rotatable bonds is 3. The van der Waals surface area contributed by atoms with Crippen LogP contribution in [0.4, 0.5) is 19.0 Å². The van der Waals surface area contributed by atoms with Crippen molar-refractivity contribution in [3.8, 4) is 6.07 Å². The minimum absolute atomic E-state index is 0.0212. The monoisotopic (exact) mass is 286 g/mol. The molecule has 0 aliphatic rings. The van der Waals surface area contributed by atoms with Gasteiger partial charge in [0.05, 0.1) is 12.1 Å². The average molecular weight is 286 g/mol. The third-order valence-electron chi connectivity index (χ3n) is 2.52. The number of aromatic nitrogens is 1. The van der Waals surface area contributed by atoms with Crippen LogP contribution in [-0.2, 0) is 11.0 Å². The standard InChI is InChI=1S/C12H13F3N4O/c1-18(2)10(20)7-19(3)11-8(6-16)4-5-9(17-11)12(13,14)15/h4-5H,7H2,1-3H3. The molecule has 8 heteroatoms. The molecule has 0 aliphatic carbocycles. The van der Waals surface area contributed by atoms with Crippen molar-refractivity contribution in [1.82, 2.24) is 9.88 Å². The molecule has 0 radical (unpaired) electrons. The molecule has 1 aromatic rings. The minimum Gasteiger partial charge on any atom is -0.349 e. The van der Waals surface area contributed by atoms with Crippen molar-refractivity contribution in [3.05, 3.63) is 23.4 Å². The summed E-state index contributed by atoms with van der Waals surface area (Å²) in [7, 11) is 4.46. The van der Waals surface area contributed by atoms with E-state index in [0.29, 0.717) is 0 Å². The highest BCUT2D eigenvalue weighted by molar-refractivity contribution is 5.81. The second kappa shape index (κ2) is 5.77. The zero-order valence-corrected chi connectivity index (χ0v) is 11.2. The van der Waals surface area contributed by atoms with Gasteiger partial charge in [-0.25, -0.2) is 4.98 Å². The predicted molar refractivity (Wildman–Crippen MR) is 65.9 cm³/mol. The van der Waals surface area contributed by atoms with E-state index in [1.165, 1.54) is 30.9 Å². The van der Waals surface area contributed by atoms with E-state index in [1.54, 1.807) is 6.07 Å². The van der Waals surface area contributed by atoms with Crippen molar-refractivity contribution in [1.29, 1.82) is 5.26 Å². The van der Waals surface area contributed by atoms with Crippen molar-refractivity contribution in [2.75, 3.05) is 32.6 Å². The summed E-state index contributed by atoms with van der Waals surface area (Å²) in [5.41, 5.74) is -1.12. The highest BCUT2D eigenvalue weighted by Gasteiger charge is 2.33. The molecule has 0 aliphatic heterocycles. The second-order valence-corrected chi connectivity index (χ2v) is 4.32. The van der Waals surface area contributed by atoms with Crippen molar-refractivity contribution >= 4 is 11.7 Å². The molecule has 0 saturated carbocycles. The van der Waals surface area contributed by atoms with Crippen LogP contribution in [0.3, 0.4) is 0 Å². The first-order valence-corrected chi connectivity index (χ1v) is 5.56. The van der Waals surface area contributed by atoms with Gasteiger partial charge in [-0.2, -0.15) is 18.4 Å². The minimum atomic E-state index is -4.60. The Morgan fingerprint density at radius 1 is 1.35 bits per heavy atom. The van der Waals surface area contributed by atoms with Gasteiger partial charge in [-0.05, 0) is 12.1 Å². The number of nitriles is 1. The maximum Gasteiger partial charge on any atom is 0.433 e. The maximum atomic E-state index is 12.6. The Kier molecular flexibility index (Phi) is 4.55. The zero-order valence-electron chi connectivity index (χ0n) is 11.2. The smallest absolute Gasteiger partial charge is 0.349 e. The quantitative estimate of drug-likeness (QED) is 0.844. The number of carbonyl (C=O) groups is 1. The van der Waals surface area contributed by atoms with Crippen molar-refractivity contribution in [2.45, 2.75) is 6.18 Å². The van der Waals surface area contributed by atoms with E-state index < -0.39 is 11.9 Å². The van der Waals surface area contributed by atoms with Crippen LogP contribution in [0.5, 0.6) is 0 Å². The van der Waals surface area contributed by atoms with Gasteiger partial charge in [0.25, 0.3) is 0 Å². The maximum absolute atomic E-state index is 12.6. The van der Waals surface area contributed by atoms with Gasteiger partial charge in [-0.15, -0.1) is 0 Å². The van der Waals surface area contributed by atoms with E-state index in [4.69, 9.17) is 5.26 Å². The molecule has 0 N–H and O–H groups in total. The number of amides is 1. The summed E-state index contributed by atoms with van der Waals surface area (Å²) in [6.45, 7) is -0.171. The van der Waals surface area contributed by atoms with Gasteiger partial charge >= 0.3 is 6.18 Å². The lowest BCUT2D eigenvalue weighted by molar-refractivity contribution is -0.141. The fourth-order valence-corrected chi connectivity index (χ4v) is 1.40. The average Bonchev–Trinajstić information content (AvgIpc) is 2.36. The summed E-state index contributed by atoms with van der Waals surface area (Å²) >= 11 is 0. The first-order valence-electron chi connectivity index (χ1n) is 5.56. The van der Waals surface area contributed by atoms with Crippen molar-refractivity contribution < 1.29 is 18.0 Å². The summed E-state index contributed by atoms with van der Waals surface area (Å²) < 4.78 is 37.9. The molecule has 1 amide bonds. The number of hydrogen-bond acceptors (Lipinski definition) is 4. The summed E-state index contributed by atoms with van der Waals surface area (Å²) in [5.74, 6) is -0.479. The molecule has 1 heterocycles. The Morgan fingerprint density at radius 3 is 2.40 bits per heavy atom. The van der Waals surface area contributed by atoms with Gasteiger partial charge in [0.1, 0.15) is 17.6 Å². The number of nitrogens with zero attached hydrogens (tertiary/aromatic N) is 4. The second-order valence-electron chi connectivity index (χ2n) is 4.32. The Balaban J connectivity index is 3.15. The van der Waals surface area contributed by atoms with Gasteiger partial charge < -0.3 is 9.80 Å². The molecule has 0 spiro atoms. The zero-order chi connectivity index (χ0) is 15.5. The number of hydrogen-bond donors (Lipinski definition) is 0. The summed E-state index contributed by atoms with van der Waals surface area (Å²) in [6.07, 6.45) is -4.60. The van der Waals surface area contributed by atoms with Crippen LogP contribution in [0.25, 0.3) is 0 Å². The van der Waals surface area contributed by atoms with E-state index in [9.17, 15) is 18.0 Å². The molecule has 1 rings (SSSR count). The normalized spacial score (nSPS) is 10.8. The molecule has 0 atom stereocenters. The highest BCUT2D eigenvalue weighted by atomic mass is 19.4. The number of anilines is 1. The van der Waals surface area contributed by atoms with E-state index in [2.05, 4.69) is 4.98 Å². The SMILES string of the molecule is CN(C)C(=O)CN(C)c1nc(C(F)(F)F)ccc1C#N. The van der Waals surface area contributed by atoms with Gasteiger partial charge in [0.15, 0.2) is 0 Å². The molecular formula is C12H13F3N4O. The lowest BCUT2D eigenvalue weighted by Gasteiger charge is -2.21. The Hall–Kier alpha value is -2.30. The van der Waals surface area contributed by atoms with Gasteiger partial charge in [0, 0.05) is 21.1 Å². The Morgan fingerprint density at radius 2 is 1.95 bits per heavy atom. The van der Waals surface area contributed by atoms with Crippen LogP contribution < -0.4 is 4.90 Å². The molecule has 0 fully saturated rings. The number of likely N-dealkylation sites (N-methyl/N-ethyl adjacent to an activating group) is 2. The first-order chi connectivity index (χ1) is 9.16. The molecule has 1 aromatic heterocycles. The highest BCUT2D eigenvalue weighted by Crippen LogP contribution is 2.30. The fourth-order valence-electron chi connectivity index (χ4n) is 1.40. The summed E-state index contributed by atoms with van der Waals surface area (Å²) in [5, 5.41) is 8.91. The van der Waals surface area contributed by atoms with E-state index in [0.717, 1.165) is 12.1 Å². The van der Waals surface area contributed by atoms with Crippen LogP contribution in [0.2, 0.25) is 0 Å². The van der Waals surface area contributed by atoms with Crippen molar-refractivity contribution in [2.24, 2.45) is 0 Å². The molecule has 0 saturated heterocycles. The molecule has 0 unspecified atom stereocenters. The van der Waals surface area contributed by atoms with Crippen LogP contribution >= 0.6 is 0 Å². The number of halogens is 3. The summed E-state index contributed by atoms with van der Waals surface area (Å²) in [4.78, 5) is 17.5. The van der Waals surface area contributed by atoms with Gasteiger partial charge in [-0.1, -0.05) is 0 Å². The number of alkyl halides is 3. The molecule has 5 nitrogen and oxygen atoms in total. The van der Waals surface area contributed by atoms with E-state index in [1.807, 2.05) is 0 Å². The Labute approximate surface area is 114 Å². The Bertz CT molecular complexity index is 549. The number of pyridine rings is 1. The molecular weight excluding hydrogens is 273 g/mol. The van der Waals surface area contributed by atoms with E-state index in [-0.39, 0.29) is 23.8 Å². The van der Waals surface area contributed by atoms with Crippen LogP contribution in [0.1, 0.15) is 11.3 Å².